The number of nitrogens with one attached hydrogen (secondary N) is 1. The molecule has 1 amide bonds. The van der Waals surface area contributed by atoms with Gasteiger partial charge in [0.2, 0.25) is 0 Å². The average Bonchev–Trinajstić information content (AvgIpc) is 2.85. The van der Waals surface area contributed by atoms with Crippen LogP contribution in [-0.4, -0.2) is 24.0 Å². The summed E-state index contributed by atoms with van der Waals surface area (Å²) >= 11 is 1.48. The Hall–Kier alpha value is -1.14. The van der Waals surface area contributed by atoms with Crippen molar-refractivity contribution in [3.63, 3.8) is 0 Å². The van der Waals surface area contributed by atoms with Crippen molar-refractivity contribution in [2.45, 2.75) is 26.2 Å². The number of aromatic nitrogens is 1. The van der Waals surface area contributed by atoms with Gasteiger partial charge in [0.25, 0.3) is 5.91 Å². The third kappa shape index (κ3) is 6.87. The van der Waals surface area contributed by atoms with Crippen LogP contribution < -0.4 is 11.1 Å². The zero-order chi connectivity index (χ0) is 15.1. The Balaban J connectivity index is 0.00000242. The number of aryl methyl sites for hydroxylation is 1. The number of carbonyl (C=O) groups is 1. The smallest absolute Gasteiger partial charge is 0.263 e. The van der Waals surface area contributed by atoms with E-state index in [-0.39, 0.29) is 30.7 Å². The first kappa shape index (κ1) is 21.9. The Morgan fingerprint density at radius 3 is 2.57 bits per heavy atom. The Morgan fingerprint density at radius 2 is 1.91 bits per heavy atom. The Labute approximate surface area is 153 Å². The van der Waals surface area contributed by atoms with E-state index < -0.39 is 0 Å². The molecule has 2 aromatic rings. The molecule has 1 aromatic heterocycles. The number of benzene rings is 1. The SMILES string of the molecule is Cc1nc(Cc2ccccc2)sc1C(=O)NCCCCN.Cl.Cl. The highest BCUT2D eigenvalue weighted by atomic mass is 35.5. The Kier molecular flexibility index (Phi) is 10.8. The second-order valence-corrected chi connectivity index (χ2v) is 6.02. The fourth-order valence-corrected chi connectivity index (χ4v) is 3.08. The van der Waals surface area contributed by atoms with Gasteiger partial charge in [-0.1, -0.05) is 30.3 Å². The van der Waals surface area contributed by atoms with Gasteiger partial charge in [-0.3, -0.25) is 4.79 Å². The number of halogens is 2. The lowest BCUT2D eigenvalue weighted by molar-refractivity contribution is 0.0956. The predicted molar refractivity (Wildman–Crippen MR) is 101 cm³/mol. The van der Waals surface area contributed by atoms with E-state index in [2.05, 4.69) is 22.4 Å². The van der Waals surface area contributed by atoms with Crippen LogP contribution in [0, 0.1) is 6.92 Å². The molecule has 0 atom stereocenters. The topological polar surface area (TPSA) is 68.0 Å². The molecule has 0 aliphatic rings. The number of unbranched alkanes of at least 4 members (excludes halogenated alkanes) is 1. The summed E-state index contributed by atoms with van der Waals surface area (Å²) in [7, 11) is 0. The average molecular weight is 376 g/mol. The Morgan fingerprint density at radius 1 is 1.22 bits per heavy atom. The van der Waals surface area contributed by atoms with Gasteiger partial charge < -0.3 is 11.1 Å². The third-order valence-electron chi connectivity index (χ3n) is 3.16. The van der Waals surface area contributed by atoms with Gasteiger partial charge in [-0.25, -0.2) is 4.98 Å². The molecule has 2 rings (SSSR count). The van der Waals surface area contributed by atoms with E-state index in [1.807, 2.05) is 25.1 Å². The van der Waals surface area contributed by atoms with Gasteiger partial charge >= 0.3 is 0 Å². The first-order valence-electron chi connectivity index (χ1n) is 7.19. The van der Waals surface area contributed by atoms with Gasteiger partial charge in [0, 0.05) is 13.0 Å². The van der Waals surface area contributed by atoms with Crippen molar-refractivity contribution in [1.82, 2.24) is 10.3 Å². The molecule has 128 valence electrons. The lowest BCUT2D eigenvalue weighted by Gasteiger charge is -2.02. The normalized spacial score (nSPS) is 9.65. The number of amides is 1. The van der Waals surface area contributed by atoms with Crippen molar-refractivity contribution in [2.75, 3.05) is 13.1 Å². The van der Waals surface area contributed by atoms with Crippen LogP contribution in [0.4, 0.5) is 0 Å². The van der Waals surface area contributed by atoms with Gasteiger partial charge in [-0.2, -0.15) is 0 Å². The van der Waals surface area contributed by atoms with Gasteiger partial charge in [0.15, 0.2) is 0 Å². The van der Waals surface area contributed by atoms with Gasteiger partial charge in [-0.05, 0) is 31.9 Å². The molecule has 1 aromatic carbocycles. The number of hydrogen-bond acceptors (Lipinski definition) is 4. The molecule has 23 heavy (non-hydrogen) atoms. The van der Waals surface area contributed by atoms with Crippen LogP contribution in [0.5, 0.6) is 0 Å². The van der Waals surface area contributed by atoms with Crippen molar-refractivity contribution < 1.29 is 4.79 Å². The maximum atomic E-state index is 12.1. The van der Waals surface area contributed by atoms with Crippen LogP contribution in [0.15, 0.2) is 30.3 Å². The van der Waals surface area contributed by atoms with Gasteiger partial charge in [-0.15, -0.1) is 36.2 Å². The van der Waals surface area contributed by atoms with E-state index in [4.69, 9.17) is 5.73 Å². The van der Waals surface area contributed by atoms with Crippen LogP contribution in [0.2, 0.25) is 0 Å². The molecule has 0 aliphatic heterocycles. The molecule has 0 fully saturated rings. The van der Waals surface area contributed by atoms with E-state index >= 15 is 0 Å². The minimum Gasteiger partial charge on any atom is -0.351 e. The van der Waals surface area contributed by atoms with Crippen molar-refractivity contribution in [3.8, 4) is 0 Å². The van der Waals surface area contributed by atoms with E-state index in [1.54, 1.807) is 0 Å². The summed E-state index contributed by atoms with van der Waals surface area (Å²) in [5.74, 6) is -0.0265. The molecular weight excluding hydrogens is 353 g/mol. The van der Waals surface area contributed by atoms with E-state index in [0.717, 1.165) is 30.0 Å². The maximum absolute atomic E-state index is 12.1. The molecular formula is C16H23Cl2N3OS. The molecule has 3 N–H and O–H groups in total. The van der Waals surface area contributed by atoms with Crippen LogP contribution >= 0.6 is 36.2 Å². The molecule has 4 nitrogen and oxygen atoms in total. The summed E-state index contributed by atoms with van der Waals surface area (Å²) in [6, 6.07) is 10.2. The molecule has 0 saturated carbocycles. The summed E-state index contributed by atoms with van der Waals surface area (Å²) < 4.78 is 0. The Bertz CT molecular complexity index is 590. The zero-order valence-electron chi connectivity index (χ0n) is 13.1. The number of hydrogen-bond donors (Lipinski definition) is 2. The summed E-state index contributed by atoms with van der Waals surface area (Å²) in [6.45, 7) is 3.22. The summed E-state index contributed by atoms with van der Waals surface area (Å²) in [5, 5.41) is 3.91. The van der Waals surface area contributed by atoms with Crippen LogP contribution in [0.1, 0.15) is 38.8 Å². The molecule has 0 saturated heterocycles. The van der Waals surface area contributed by atoms with Gasteiger partial charge in [0.05, 0.1) is 10.7 Å². The predicted octanol–water partition coefficient (Wildman–Crippen LogP) is 3.35. The quantitative estimate of drug-likeness (QED) is 0.729. The molecule has 1 heterocycles. The highest BCUT2D eigenvalue weighted by Gasteiger charge is 2.14. The van der Waals surface area contributed by atoms with Gasteiger partial charge in [0.1, 0.15) is 4.88 Å². The number of thiazole rings is 1. The largest absolute Gasteiger partial charge is 0.351 e. The van der Waals surface area contributed by atoms with Crippen LogP contribution in [0.25, 0.3) is 0 Å². The second kappa shape index (κ2) is 11.4. The van der Waals surface area contributed by atoms with Crippen molar-refractivity contribution >= 4 is 42.1 Å². The van der Waals surface area contributed by atoms with Crippen LogP contribution in [-0.2, 0) is 6.42 Å². The van der Waals surface area contributed by atoms with Crippen molar-refractivity contribution in [3.05, 3.63) is 51.5 Å². The molecule has 0 aliphatic carbocycles. The number of carbonyl (C=O) groups excluding carboxylic acids is 1. The monoisotopic (exact) mass is 375 g/mol. The number of nitrogens with zero attached hydrogens (tertiary/aromatic N) is 1. The van der Waals surface area contributed by atoms with Crippen LogP contribution in [0.3, 0.4) is 0 Å². The lowest BCUT2D eigenvalue weighted by atomic mass is 10.2. The third-order valence-corrected chi connectivity index (χ3v) is 4.32. The molecule has 0 bridgehead atoms. The lowest BCUT2D eigenvalue weighted by Crippen LogP contribution is -2.24. The summed E-state index contributed by atoms with van der Waals surface area (Å²) in [4.78, 5) is 17.3. The van der Waals surface area contributed by atoms with E-state index in [0.29, 0.717) is 18.0 Å². The molecule has 7 heteroatoms. The second-order valence-electron chi connectivity index (χ2n) is 4.94. The van der Waals surface area contributed by atoms with E-state index in [9.17, 15) is 4.79 Å². The molecule has 0 spiro atoms. The first-order valence-corrected chi connectivity index (χ1v) is 8.01. The minimum atomic E-state index is -0.0265. The number of rotatable bonds is 7. The number of nitrogens with two attached hydrogens (primary N) is 1. The zero-order valence-corrected chi connectivity index (χ0v) is 15.5. The summed E-state index contributed by atoms with van der Waals surface area (Å²) in [5.41, 5.74) is 7.45. The highest BCUT2D eigenvalue weighted by molar-refractivity contribution is 7.13. The summed E-state index contributed by atoms with van der Waals surface area (Å²) in [6.07, 6.45) is 2.62. The first-order chi connectivity index (χ1) is 10.2. The maximum Gasteiger partial charge on any atom is 0.263 e. The van der Waals surface area contributed by atoms with Crippen molar-refractivity contribution in [1.29, 1.82) is 0 Å². The fraction of sp³-hybridized carbons (Fsp3) is 0.375. The fourth-order valence-electron chi connectivity index (χ4n) is 2.06. The molecule has 0 unspecified atom stereocenters. The minimum absolute atomic E-state index is 0. The standard InChI is InChI=1S/C16H21N3OS.2ClH/c1-12-15(16(20)18-10-6-5-9-17)21-14(19-12)11-13-7-3-2-4-8-13;;/h2-4,7-8H,5-6,9-11,17H2,1H3,(H,18,20);2*1H. The van der Waals surface area contributed by atoms with Crippen molar-refractivity contribution in [2.24, 2.45) is 5.73 Å². The molecule has 0 radical (unpaired) electrons. The van der Waals surface area contributed by atoms with E-state index in [1.165, 1.54) is 16.9 Å². The highest BCUT2D eigenvalue weighted by Crippen LogP contribution is 2.20.